The molecule has 0 bridgehead atoms. The molecule has 0 aromatic rings. The smallest absolute Gasteiger partial charge is 0.159 e. The molecule has 4 nitrogen and oxygen atoms in total. The average Bonchev–Trinajstić information content (AvgIpc) is 2.64. The summed E-state index contributed by atoms with van der Waals surface area (Å²) in [5, 5.41) is 0. The molecule has 0 aromatic heterocycles. The van der Waals surface area contributed by atoms with Gasteiger partial charge in [-0.2, -0.15) is 0 Å². The number of methoxy groups -OCH3 is 1. The molecule has 0 aromatic carbocycles. The number of alkyl halides is 1. The summed E-state index contributed by atoms with van der Waals surface area (Å²) < 4.78 is 18.3. The van der Waals surface area contributed by atoms with Crippen molar-refractivity contribution < 1.29 is 9.13 Å². The van der Waals surface area contributed by atoms with Crippen LogP contribution >= 0.6 is 0 Å². The first-order valence-corrected chi connectivity index (χ1v) is 9.39. The van der Waals surface area contributed by atoms with E-state index >= 15 is 0 Å². The molecule has 0 radical (unpaired) electrons. The van der Waals surface area contributed by atoms with E-state index in [1.165, 1.54) is 25.7 Å². The Labute approximate surface area is 145 Å². The van der Waals surface area contributed by atoms with Gasteiger partial charge in [-0.15, -0.1) is 0 Å². The van der Waals surface area contributed by atoms with Crippen LogP contribution in [0.4, 0.5) is 4.39 Å². The van der Waals surface area contributed by atoms with Crippen LogP contribution in [0.3, 0.4) is 0 Å². The van der Waals surface area contributed by atoms with Gasteiger partial charge in [0.25, 0.3) is 0 Å². The quantitative estimate of drug-likeness (QED) is 0.835. The molecule has 1 aliphatic carbocycles. The summed E-state index contributed by atoms with van der Waals surface area (Å²) in [6.45, 7) is 4.60. The molecule has 2 saturated heterocycles. The molecule has 2 atom stereocenters. The lowest BCUT2D eigenvalue weighted by Gasteiger charge is -2.48. The molecule has 0 saturated carbocycles. The fourth-order valence-electron chi connectivity index (χ4n) is 4.76. The number of hydrogen-bond donors (Lipinski definition) is 1. The maximum Gasteiger partial charge on any atom is 0.159 e. The Morgan fingerprint density at radius 1 is 1.08 bits per heavy atom. The molecule has 3 rings (SSSR count). The van der Waals surface area contributed by atoms with E-state index in [2.05, 4.69) is 15.9 Å². The van der Waals surface area contributed by atoms with E-state index in [0.29, 0.717) is 6.54 Å². The van der Waals surface area contributed by atoms with Crippen LogP contribution < -0.4 is 5.73 Å². The number of likely N-dealkylation sites (tertiary alicyclic amines) is 2. The third kappa shape index (κ3) is 3.59. The zero-order valence-electron chi connectivity index (χ0n) is 14.9. The van der Waals surface area contributed by atoms with Gasteiger partial charge in [0.2, 0.25) is 0 Å². The first kappa shape index (κ1) is 18.1. The Morgan fingerprint density at radius 2 is 1.71 bits per heavy atom. The van der Waals surface area contributed by atoms with E-state index in [9.17, 15) is 4.39 Å². The van der Waals surface area contributed by atoms with Crippen molar-refractivity contribution in [2.24, 2.45) is 17.6 Å². The minimum atomic E-state index is -0.482. The minimum absolute atomic E-state index is 0.118. The number of hydrogen-bond acceptors (Lipinski definition) is 4. The van der Waals surface area contributed by atoms with Crippen molar-refractivity contribution in [3.05, 3.63) is 24.3 Å². The molecule has 2 fully saturated rings. The van der Waals surface area contributed by atoms with Crippen LogP contribution in [0, 0.1) is 11.8 Å². The normalized spacial score (nSPS) is 34.0. The first-order valence-electron chi connectivity index (χ1n) is 9.39. The highest BCUT2D eigenvalue weighted by Gasteiger charge is 2.42. The first-order chi connectivity index (χ1) is 11.7. The Morgan fingerprint density at radius 3 is 2.25 bits per heavy atom. The second-order valence-electron chi connectivity index (χ2n) is 7.42. The van der Waals surface area contributed by atoms with Gasteiger partial charge in [0.1, 0.15) is 6.67 Å². The Bertz CT molecular complexity index is 454. The van der Waals surface area contributed by atoms with Gasteiger partial charge in [-0.3, -0.25) is 4.90 Å². The predicted molar refractivity (Wildman–Crippen MR) is 95.4 cm³/mol. The fraction of sp³-hybridized carbons (Fsp3) is 0.789. The largest absolute Gasteiger partial charge is 0.358 e. The van der Waals surface area contributed by atoms with Gasteiger partial charge in [-0.1, -0.05) is 18.2 Å². The lowest BCUT2D eigenvalue weighted by atomic mass is 9.78. The van der Waals surface area contributed by atoms with Crippen molar-refractivity contribution in [1.82, 2.24) is 9.80 Å². The third-order valence-corrected chi connectivity index (χ3v) is 6.30. The highest BCUT2D eigenvalue weighted by atomic mass is 19.1. The number of halogens is 1. The highest BCUT2D eigenvalue weighted by molar-refractivity contribution is 5.24. The second kappa shape index (κ2) is 8.09. The Balaban J connectivity index is 1.53. The minimum Gasteiger partial charge on any atom is -0.358 e. The molecular formula is C19H32FN3O. The number of piperidine rings is 2. The van der Waals surface area contributed by atoms with Crippen LogP contribution in [0.25, 0.3) is 0 Å². The van der Waals surface area contributed by atoms with Crippen molar-refractivity contribution in [3.63, 3.8) is 0 Å². The van der Waals surface area contributed by atoms with Crippen LogP contribution in [0.2, 0.25) is 0 Å². The van der Waals surface area contributed by atoms with Gasteiger partial charge >= 0.3 is 0 Å². The SMILES string of the molecule is COC1(N2CCC(C3CCN(CCF)CC3)CC2)C=CC=CC1N. The average molecular weight is 337 g/mol. The highest BCUT2D eigenvalue weighted by Crippen LogP contribution is 2.36. The van der Waals surface area contributed by atoms with Gasteiger partial charge in [0, 0.05) is 26.7 Å². The lowest BCUT2D eigenvalue weighted by Crippen LogP contribution is -2.62. The van der Waals surface area contributed by atoms with E-state index in [1.54, 1.807) is 7.11 Å². The molecule has 0 spiro atoms. The van der Waals surface area contributed by atoms with E-state index in [4.69, 9.17) is 10.5 Å². The maximum absolute atomic E-state index is 12.5. The Kier molecular flexibility index (Phi) is 6.08. The predicted octanol–water partition coefficient (Wildman–Crippen LogP) is 2.18. The summed E-state index contributed by atoms with van der Waals surface area (Å²) >= 11 is 0. The molecule has 5 heteroatoms. The van der Waals surface area contributed by atoms with Gasteiger partial charge in [-0.25, -0.2) is 4.39 Å². The molecule has 2 unspecified atom stereocenters. The van der Waals surface area contributed by atoms with Crippen molar-refractivity contribution in [1.29, 1.82) is 0 Å². The number of nitrogens with two attached hydrogens (primary N) is 1. The van der Waals surface area contributed by atoms with Crippen molar-refractivity contribution in [3.8, 4) is 0 Å². The van der Waals surface area contributed by atoms with Crippen LogP contribution in [0.5, 0.6) is 0 Å². The van der Waals surface area contributed by atoms with E-state index in [-0.39, 0.29) is 12.7 Å². The van der Waals surface area contributed by atoms with Crippen LogP contribution in [0.15, 0.2) is 24.3 Å². The summed E-state index contributed by atoms with van der Waals surface area (Å²) in [6, 6.07) is -0.118. The van der Waals surface area contributed by atoms with Crippen LogP contribution in [-0.4, -0.2) is 68.1 Å². The molecule has 2 heterocycles. The summed E-state index contributed by atoms with van der Waals surface area (Å²) in [6.07, 6.45) is 13.0. The zero-order chi connectivity index (χ0) is 17.0. The molecule has 0 amide bonds. The Hall–Kier alpha value is -0.750. The summed E-state index contributed by atoms with van der Waals surface area (Å²) in [5.41, 5.74) is 5.85. The van der Waals surface area contributed by atoms with Gasteiger partial charge in [0.15, 0.2) is 5.72 Å². The molecule has 3 aliphatic rings. The third-order valence-electron chi connectivity index (χ3n) is 6.30. The number of nitrogens with zero attached hydrogens (tertiary/aromatic N) is 2. The second-order valence-corrected chi connectivity index (χ2v) is 7.42. The van der Waals surface area contributed by atoms with Crippen LogP contribution in [-0.2, 0) is 4.74 Å². The van der Waals surface area contributed by atoms with Crippen molar-refractivity contribution in [2.45, 2.75) is 37.5 Å². The van der Waals surface area contributed by atoms with Gasteiger partial charge in [-0.05, 0) is 56.7 Å². The molecule has 2 N–H and O–H groups in total. The molecule has 24 heavy (non-hydrogen) atoms. The van der Waals surface area contributed by atoms with Crippen molar-refractivity contribution in [2.75, 3.05) is 46.5 Å². The maximum atomic E-state index is 12.5. The van der Waals surface area contributed by atoms with E-state index in [1.807, 2.05) is 18.2 Å². The topological polar surface area (TPSA) is 41.7 Å². The molecular weight excluding hydrogens is 305 g/mol. The molecule has 136 valence electrons. The fourth-order valence-corrected chi connectivity index (χ4v) is 4.76. The number of allylic oxidation sites excluding steroid dienone is 2. The number of rotatable bonds is 5. The van der Waals surface area contributed by atoms with Gasteiger partial charge < -0.3 is 15.4 Å². The molecule has 2 aliphatic heterocycles. The monoisotopic (exact) mass is 337 g/mol. The van der Waals surface area contributed by atoms with Crippen molar-refractivity contribution >= 4 is 0 Å². The summed E-state index contributed by atoms with van der Waals surface area (Å²) in [4.78, 5) is 4.68. The van der Waals surface area contributed by atoms with Gasteiger partial charge in [0.05, 0.1) is 6.04 Å². The standard InChI is InChI=1S/C19H32FN3O/c1-24-19(9-3-2-4-18(19)21)23-13-7-17(8-14-23)16-5-11-22(12-6-16)15-10-20/h2-4,9,16-18H,5-8,10-15,21H2,1H3. The van der Waals surface area contributed by atoms with E-state index < -0.39 is 5.72 Å². The van der Waals surface area contributed by atoms with Crippen LogP contribution in [0.1, 0.15) is 25.7 Å². The lowest BCUT2D eigenvalue weighted by molar-refractivity contribution is -0.121. The summed E-state index contributed by atoms with van der Waals surface area (Å²) in [7, 11) is 1.76. The zero-order valence-corrected chi connectivity index (χ0v) is 14.9. The number of ether oxygens (including phenoxy) is 1. The van der Waals surface area contributed by atoms with E-state index in [0.717, 1.165) is 38.0 Å². The summed E-state index contributed by atoms with van der Waals surface area (Å²) in [5.74, 6) is 1.60.